The number of ether oxygens (including phenoxy) is 3. The van der Waals surface area contributed by atoms with Gasteiger partial charge in [0.25, 0.3) is 0 Å². The number of amides is 1. The molecule has 1 aromatic carbocycles. The second-order valence-corrected chi connectivity index (χ2v) is 7.54. The quantitative estimate of drug-likeness (QED) is 0.592. The number of likely N-dealkylation sites (tertiary alicyclic amines) is 1. The Balaban J connectivity index is 1.77. The Hall–Kier alpha value is -2.57. The number of hydrogen-bond donors (Lipinski definition) is 0. The van der Waals surface area contributed by atoms with Crippen LogP contribution in [0.4, 0.5) is 4.79 Å². The van der Waals surface area contributed by atoms with Crippen LogP contribution in [0.2, 0.25) is 0 Å². The molecular formula is C20H27NO6. The number of nitrogens with zero attached hydrogens (tertiary/aromatic N) is 1. The molecule has 1 heterocycles. The van der Waals surface area contributed by atoms with Crippen LogP contribution in [0.15, 0.2) is 24.3 Å². The summed E-state index contributed by atoms with van der Waals surface area (Å²) in [5.74, 6) is -0.899. The summed E-state index contributed by atoms with van der Waals surface area (Å²) in [5.41, 5.74) is 0.709. The van der Waals surface area contributed by atoms with E-state index in [1.54, 1.807) is 29.2 Å². The van der Waals surface area contributed by atoms with Crippen molar-refractivity contribution >= 4 is 18.0 Å². The highest BCUT2D eigenvalue weighted by Gasteiger charge is 2.30. The van der Waals surface area contributed by atoms with Gasteiger partial charge in [-0.05, 0) is 51.3 Å². The molecule has 0 radical (unpaired) electrons. The van der Waals surface area contributed by atoms with Gasteiger partial charge in [-0.1, -0.05) is 12.1 Å². The van der Waals surface area contributed by atoms with E-state index in [9.17, 15) is 14.4 Å². The Labute approximate surface area is 159 Å². The molecular weight excluding hydrogens is 350 g/mol. The van der Waals surface area contributed by atoms with Gasteiger partial charge in [0.05, 0.1) is 18.6 Å². The summed E-state index contributed by atoms with van der Waals surface area (Å²) in [4.78, 5) is 37.3. The number of rotatable bonds is 4. The third-order valence-corrected chi connectivity index (χ3v) is 4.24. The molecule has 0 bridgehead atoms. The van der Waals surface area contributed by atoms with E-state index in [0.29, 0.717) is 31.5 Å². The van der Waals surface area contributed by atoms with Crippen LogP contribution in [-0.4, -0.2) is 48.7 Å². The van der Waals surface area contributed by atoms with Crippen molar-refractivity contribution in [3.05, 3.63) is 35.4 Å². The summed E-state index contributed by atoms with van der Waals surface area (Å²) in [6.07, 6.45) is 0.763. The molecule has 7 nitrogen and oxygen atoms in total. The smallest absolute Gasteiger partial charge is 0.410 e. The zero-order valence-corrected chi connectivity index (χ0v) is 16.3. The molecule has 1 fully saturated rings. The Bertz CT molecular complexity index is 669. The lowest BCUT2D eigenvalue weighted by molar-refractivity contribution is -0.151. The number of carbonyl (C=O) groups is 3. The minimum absolute atomic E-state index is 0.145. The van der Waals surface area contributed by atoms with Gasteiger partial charge in [0, 0.05) is 13.1 Å². The van der Waals surface area contributed by atoms with Gasteiger partial charge in [-0.3, -0.25) is 4.79 Å². The van der Waals surface area contributed by atoms with Crippen molar-refractivity contribution in [2.45, 2.75) is 45.8 Å². The lowest BCUT2D eigenvalue weighted by Gasteiger charge is -2.32. The van der Waals surface area contributed by atoms with Gasteiger partial charge in [0.15, 0.2) is 0 Å². The lowest BCUT2D eigenvalue weighted by Crippen LogP contribution is -2.43. The third kappa shape index (κ3) is 6.27. The van der Waals surface area contributed by atoms with Gasteiger partial charge < -0.3 is 19.1 Å². The Kier molecular flexibility index (Phi) is 6.82. The second-order valence-electron chi connectivity index (χ2n) is 7.54. The largest absolute Gasteiger partial charge is 0.465 e. The van der Waals surface area contributed by atoms with E-state index in [4.69, 9.17) is 9.47 Å². The fraction of sp³-hybridized carbons (Fsp3) is 0.550. The fourth-order valence-electron chi connectivity index (χ4n) is 2.75. The first kappa shape index (κ1) is 20.7. The zero-order chi connectivity index (χ0) is 20.0. The Morgan fingerprint density at radius 1 is 1.07 bits per heavy atom. The van der Waals surface area contributed by atoms with E-state index in [0.717, 1.165) is 5.56 Å². The molecule has 1 saturated heterocycles. The van der Waals surface area contributed by atoms with Gasteiger partial charge >= 0.3 is 18.0 Å². The maximum Gasteiger partial charge on any atom is 0.410 e. The number of benzene rings is 1. The molecule has 0 atom stereocenters. The third-order valence-electron chi connectivity index (χ3n) is 4.24. The topological polar surface area (TPSA) is 82.1 Å². The SMILES string of the molecule is COC(=O)c1ccc(COC(=O)C2CCN(C(=O)OC(C)(C)C)CC2)cc1. The standard InChI is InChI=1S/C20H27NO6/c1-20(2,3)27-19(24)21-11-9-16(10-12-21)18(23)26-13-14-5-7-15(8-6-14)17(22)25-4/h5-8,16H,9-13H2,1-4H3. The predicted octanol–water partition coefficient (Wildman–Crippen LogP) is 3.16. The van der Waals surface area contributed by atoms with Gasteiger partial charge in [0.2, 0.25) is 0 Å². The van der Waals surface area contributed by atoms with Crippen LogP contribution in [0, 0.1) is 5.92 Å². The Morgan fingerprint density at radius 2 is 1.67 bits per heavy atom. The normalized spacial score (nSPS) is 15.2. The molecule has 27 heavy (non-hydrogen) atoms. The second kappa shape index (κ2) is 8.88. The summed E-state index contributed by atoms with van der Waals surface area (Å²) in [6.45, 7) is 6.57. The molecule has 148 valence electrons. The molecule has 1 amide bonds. The molecule has 1 aromatic rings. The van der Waals surface area contributed by atoms with Crippen molar-refractivity contribution in [2.75, 3.05) is 20.2 Å². The predicted molar refractivity (Wildman–Crippen MR) is 98.1 cm³/mol. The summed E-state index contributed by atoms with van der Waals surface area (Å²) in [7, 11) is 1.33. The molecule has 1 aliphatic heterocycles. The van der Waals surface area contributed by atoms with E-state index in [1.807, 2.05) is 20.8 Å². The molecule has 0 spiro atoms. The van der Waals surface area contributed by atoms with Crippen LogP contribution >= 0.6 is 0 Å². The van der Waals surface area contributed by atoms with Crippen LogP contribution < -0.4 is 0 Å². The first-order chi connectivity index (χ1) is 12.7. The van der Waals surface area contributed by atoms with Gasteiger partial charge in [-0.15, -0.1) is 0 Å². The summed E-state index contributed by atoms with van der Waals surface area (Å²) < 4.78 is 15.4. The highest BCUT2D eigenvalue weighted by atomic mass is 16.6. The van der Waals surface area contributed by atoms with Crippen LogP contribution in [0.25, 0.3) is 0 Å². The van der Waals surface area contributed by atoms with E-state index < -0.39 is 11.6 Å². The van der Waals surface area contributed by atoms with Crippen molar-refractivity contribution in [3.8, 4) is 0 Å². The van der Waals surface area contributed by atoms with E-state index >= 15 is 0 Å². The molecule has 0 saturated carbocycles. The minimum atomic E-state index is -0.531. The summed E-state index contributed by atoms with van der Waals surface area (Å²) in [5, 5.41) is 0. The highest BCUT2D eigenvalue weighted by Crippen LogP contribution is 2.21. The zero-order valence-electron chi connectivity index (χ0n) is 16.3. The molecule has 0 aliphatic carbocycles. The number of carbonyl (C=O) groups excluding carboxylic acids is 3. The average molecular weight is 377 g/mol. The monoisotopic (exact) mass is 377 g/mol. The number of hydrogen-bond acceptors (Lipinski definition) is 6. The first-order valence-corrected chi connectivity index (χ1v) is 9.01. The number of esters is 2. The highest BCUT2D eigenvalue weighted by molar-refractivity contribution is 5.89. The summed E-state index contributed by atoms with van der Waals surface area (Å²) in [6, 6.07) is 6.72. The molecule has 0 unspecified atom stereocenters. The van der Waals surface area contributed by atoms with Gasteiger partial charge in [-0.25, -0.2) is 9.59 Å². The van der Waals surface area contributed by atoms with E-state index in [2.05, 4.69) is 4.74 Å². The molecule has 0 N–H and O–H groups in total. The lowest BCUT2D eigenvalue weighted by atomic mass is 9.97. The van der Waals surface area contributed by atoms with Crippen LogP contribution in [-0.2, 0) is 25.6 Å². The van der Waals surface area contributed by atoms with E-state index in [1.165, 1.54) is 7.11 Å². The van der Waals surface area contributed by atoms with Crippen molar-refractivity contribution in [3.63, 3.8) is 0 Å². The van der Waals surface area contributed by atoms with Gasteiger partial charge in [0.1, 0.15) is 12.2 Å². The summed E-state index contributed by atoms with van der Waals surface area (Å²) >= 11 is 0. The first-order valence-electron chi connectivity index (χ1n) is 9.01. The fourth-order valence-corrected chi connectivity index (χ4v) is 2.75. The molecule has 2 rings (SSSR count). The molecule has 7 heteroatoms. The number of piperidine rings is 1. The van der Waals surface area contributed by atoms with Crippen LogP contribution in [0.3, 0.4) is 0 Å². The molecule has 0 aromatic heterocycles. The van der Waals surface area contributed by atoms with Crippen molar-refractivity contribution in [1.82, 2.24) is 4.90 Å². The average Bonchev–Trinajstić information content (AvgIpc) is 2.64. The minimum Gasteiger partial charge on any atom is -0.465 e. The van der Waals surface area contributed by atoms with Gasteiger partial charge in [-0.2, -0.15) is 0 Å². The van der Waals surface area contributed by atoms with Crippen molar-refractivity contribution in [1.29, 1.82) is 0 Å². The maximum atomic E-state index is 12.3. The van der Waals surface area contributed by atoms with Crippen LogP contribution in [0.5, 0.6) is 0 Å². The van der Waals surface area contributed by atoms with Crippen LogP contribution in [0.1, 0.15) is 49.5 Å². The maximum absolute atomic E-state index is 12.3. The Morgan fingerprint density at radius 3 is 2.19 bits per heavy atom. The molecule has 1 aliphatic rings. The van der Waals surface area contributed by atoms with Crippen molar-refractivity contribution < 1.29 is 28.6 Å². The van der Waals surface area contributed by atoms with E-state index in [-0.39, 0.29) is 24.6 Å². The van der Waals surface area contributed by atoms with Crippen molar-refractivity contribution in [2.24, 2.45) is 5.92 Å². The number of methoxy groups -OCH3 is 1.